The van der Waals surface area contributed by atoms with Gasteiger partial charge in [0.15, 0.2) is 5.78 Å². The van der Waals surface area contributed by atoms with Gasteiger partial charge in [0.25, 0.3) is 0 Å². The number of hydrogen-bond donors (Lipinski definition) is 0. The Balaban J connectivity index is 1.73. The molecule has 0 atom stereocenters. The number of halogens is 1. The van der Waals surface area contributed by atoms with Gasteiger partial charge >= 0.3 is 0 Å². The van der Waals surface area contributed by atoms with Crippen molar-refractivity contribution in [2.75, 3.05) is 33.2 Å². The minimum absolute atomic E-state index is 0.0755. The van der Waals surface area contributed by atoms with E-state index in [0.29, 0.717) is 0 Å². The van der Waals surface area contributed by atoms with E-state index in [1.807, 2.05) is 42.5 Å². The molecule has 120 valence electrons. The van der Waals surface area contributed by atoms with Gasteiger partial charge in [0.1, 0.15) is 0 Å². The Morgan fingerprint density at radius 2 is 1.65 bits per heavy atom. The third-order valence-corrected chi connectivity index (χ3v) is 4.77. The summed E-state index contributed by atoms with van der Waals surface area (Å²) in [6.45, 7) is 5.29. The normalized spacial score (nSPS) is 16.4. The van der Waals surface area contributed by atoms with E-state index in [9.17, 15) is 4.79 Å². The van der Waals surface area contributed by atoms with Crippen molar-refractivity contribution in [3.8, 4) is 0 Å². The standard InChI is InChI=1S/C19H21BrN2O/c1-21-8-10-22(11-9-21)14-15-4-2-5-16(12-15)19(23)17-6-3-7-18(20)13-17/h2-7,12-13H,8-11,14H2,1H3. The van der Waals surface area contributed by atoms with E-state index < -0.39 is 0 Å². The van der Waals surface area contributed by atoms with Crippen LogP contribution in [-0.2, 0) is 6.54 Å². The largest absolute Gasteiger partial charge is 0.304 e. The summed E-state index contributed by atoms with van der Waals surface area (Å²) in [6, 6.07) is 15.6. The fraction of sp³-hybridized carbons (Fsp3) is 0.316. The molecule has 2 aromatic rings. The van der Waals surface area contributed by atoms with Crippen LogP contribution in [0.4, 0.5) is 0 Å². The number of likely N-dealkylation sites (N-methyl/N-ethyl adjacent to an activating group) is 1. The van der Waals surface area contributed by atoms with Crippen LogP contribution in [0.1, 0.15) is 21.5 Å². The van der Waals surface area contributed by atoms with E-state index in [-0.39, 0.29) is 5.78 Å². The van der Waals surface area contributed by atoms with E-state index in [1.165, 1.54) is 5.56 Å². The molecule has 3 nitrogen and oxygen atoms in total. The topological polar surface area (TPSA) is 23.6 Å². The van der Waals surface area contributed by atoms with Crippen LogP contribution in [0.15, 0.2) is 53.0 Å². The predicted octanol–water partition coefficient (Wildman–Crippen LogP) is 3.43. The van der Waals surface area contributed by atoms with Gasteiger partial charge in [-0.3, -0.25) is 9.69 Å². The number of piperazine rings is 1. The van der Waals surface area contributed by atoms with Gasteiger partial charge in [0.05, 0.1) is 0 Å². The third kappa shape index (κ3) is 4.28. The fourth-order valence-electron chi connectivity index (χ4n) is 2.87. The van der Waals surface area contributed by atoms with Crippen molar-refractivity contribution in [1.29, 1.82) is 0 Å². The van der Waals surface area contributed by atoms with Gasteiger partial charge in [0.2, 0.25) is 0 Å². The van der Waals surface area contributed by atoms with Crippen molar-refractivity contribution in [3.63, 3.8) is 0 Å². The molecule has 0 bridgehead atoms. The Kier molecular flexibility index (Phi) is 5.26. The number of ketones is 1. The molecule has 0 N–H and O–H groups in total. The monoisotopic (exact) mass is 372 g/mol. The number of benzene rings is 2. The lowest BCUT2D eigenvalue weighted by molar-refractivity contribution is 0.103. The van der Waals surface area contributed by atoms with Gasteiger partial charge in [-0.25, -0.2) is 0 Å². The first kappa shape index (κ1) is 16.4. The Hall–Kier alpha value is -1.49. The van der Waals surface area contributed by atoms with Crippen molar-refractivity contribution in [3.05, 3.63) is 69.7 Å². The highest BCUT2D eigenvalue weighted by molar-refractivity contribution is 9.10. The van der Waals surface area contributed by atoms with Crippen molar-refractivity contribution < 1.29 is 4.79 Å². The molecule has 0 amide bonds. The summed E-state index contributed by atoms with van der Waals surface area (Å²) >= 11 is 3.43. The first-order valence-electron chi connectivity index (χ1n) is 7.92. The molecule has 0 radical (unpaired) electrons. The Morgan fingerprint density at radius 1 is 1.00 bits per heavy atom. The minimum Gasteiger partial charge on any atom is -0.304 e. The van der Waals surface area contributed by atoms with Gasteiger partial charge in [-0.05, 0) is 30.8 Å². The first-order valence-corrected chi connectivity index (χ1v) is 8.71. The van der Waals surface area contributed by atoms with E-state index in [0.717, 1.165) is 48.3 Å². The maximum atomic E-state index is 12.6. The summed E-state index contributed by atoms with van der Waals surface area (Å²) < 4.78 is 0.928. The number of rotatable bonds is 4. The number of hydrogen-bond acceptors (Lipinski definition) is 3. The van der Waals surface area contributed by atoms with Crippen LogP contribution in [0.2, 0.25) is 0 Å². The van der Waals surface area contributed by atoms with Crippen LogP contribution in [0.3, 0.4) is 0 Å². The minimum atomic E-state index is 0.0755. The van der Waals surface area contributed by atoms with E-state index in [1.54, 1.807) is 0 Å². The van der Waals surface area contributed by atoms with Gasteiger partial charge in [-0.2, -0.15) is 0 Å². The zero-order valence-electron chi connectivity index (χ0n) is 13.3. The molecular weight excluding hydrogens is 352 g/mol. The van der Waals surface area contributed by atoms with Crippen LogP contribution in [0, 0.1) is 0 Å². The van der Waals surface area contributed by atoms with Crippen LogP contribution < -0.4 is 0 Å². The number of nitrogens with zero attached hydrogens (tertiary/aromatic N) is 2. The smallest absolute Gasteiger partial charge is 0.193 e. The van der Waals surface area contributed by atoms with Gasteiger partial charge < -0.3 is 4.90 Å². The lowest BCUT2D eigenvalue weighted by atomic mass is 10.0. The molecular formula is C19H21BrN2O. The Labute approximate surface area is 146 Å². The van der Waals surface area contributed by atoms with Crippen LogP contribution in [0.25, 0.3) is 0 Å². The highest BCUT2D eigenvalue weighted by Gasteiger charge is 2.15. The van der Waals surface area contributed by atoms with Gasteiger partial charge in [-0.1, -0.05) is 46.3 Å². The average molecular weight is 373 g/mol. The van der Waals surface area contributed by atoms with Crippen LogP contribution in [0.5, 0.6) is 0 Å². The summed E-state index contributed by atoms with van der Waals surface area (Å²) in [6.07, 6.45) is 0. The Bertz CT molecular complexity index is 693. The molecule has 1 fully saturated rings. The molecule has 0 spiro atoms. The lowest BCUT2D eigenvalue weighted by Crippen LogP contribution is -2.43. The summed E-state index contributed by atoms with van der Waals surface area (Å²) in [5, 5.41) is 0. The SMILES string of the molecule is CN1CCN(Cc2cccc(C(=O)c3cccc(Br)c3)c2)CC1. The second kappa shape index (κ2) is 7.39. The highest BCUT2D eigenvalue weighted by atomic mass is 79.9. The maximum absolute atomic E-state index is 12.6. The quantitative estimate of drug-likeness (QED) is 0.768. The molecule has 4 heteroatoms. The molecule has 0 aliphatic carbocycles. The molecule has 2 aromatic carbocycles. The first-order chi connectivity index (χ1) is 11.1. The maximum Gasteiger partial charge on any atom is 0.193 e. The number of carbonyl (C=O) groups excluding carboxylic acids is 1. The average Bonchev–Trinajstić information content (AvgIpc) is 2.56. The molecule has 23 heavy (non-hydrogen) atoms. The zero-order chi connectivity index (χ0) is 16.2. The van der Waals surface area contributed by atoms with Gasteiger partial charge in [0, 0.05) is 48.3 Å². The lowest BCUT2D eigenvalue weighted by Gasteiger charge is -2.32. The number of carbonyl (C=O) groups is 1. The third-order valence-electron chi connectivity index (χ3n) is 4.28. The molecule has 0 aromatic heterocycles. The predicted molar refractivity (Wildman–Crippen MR) is 96.8 cm³/mol. The molecule has 1 aliphatic rings. The van der Waals surface area contributed by atoms with Crippen molar-refractivity contribution in [2.24, 2.45) is 0 Å². The molecule has 1 heterocycles. The molecule has 1 aliphatic heterocycles. The molecule has 0 unspecified atom stereocenters. The second-order valence-corrected chi connectivity index (χ2v) is 7.03. The van der Waals surface area contributed by atoms with Crippen molar-refractivity contribution >= 4 is 21.7 Å². The van der Waals surface area contributed by atoms with Crippen LogP contribution in [-0.4, -0.2) is 48.8 Å². The zero-order valence-corrected chi connectivity index (χ0v) is 14.9. The fourth-order valence-corrected chi connectivity index (χ4v) is 3.27. The Morgan fingerprint density at radius 3 is 2.35 bits per heavy atom. The summed E-state index contributed by atoms with van der Waals surface area (Å²) in [5.74, 6) is 0.0755. The van der Waals surface area contributed by atoms with Crippen LogP contribution >= 0.6 is 15.9 Å². The molecule has 1 saturated heterocycles. The van der Waals surface area contributed by atoms with E-state index in [4.69, 9.17) is 0 Å². The van der Waals surface area contributed by atoms with Crippen molar-refractivity contribution in [1.82, 2.24) is 9.80 Å². The van der Waals surface area contributed by atoms with E-state index in [2.05, 4.69) is 38.8 Å². The molecule has 3 rings (SSSR count). The van der Waals surface area contributed by atoms with Gasteiger partial charge in [-0.15, -0.1) is 0 Å². The summed E-state index contributed by atoms with van der Waals surface area (Å²) in [7, 11) is 2.16. The summed E-state index contributed by atoms with van der Waals surface area (Å²) in [5.41, 5.74) is 2.68. The summed E-state index contributed by atoms with van der Waals surface area (Å²) in [4.78, 5) is 17.4. The van der Waals surface area contributed by atoms with Crippen molar-refractivity contribution in [2.45, 2.75) is 6.54 Å². The highest BCUT2D eigenvalue weighted by Crippen LogP contribution is 2.17. The van der Waals surface area contributed by atoms with E-state index >= 15 is 0 Å². The second-order valence-electron chi connectivity index (χ2n) is 6.12. The molecule has 0 saturated carbocycles.